The average Bonchev–Trinajstić information content (AvgIpc) is 2.76. The van der Waals surface area contributed by atoms with Gasteiger partial charge in [0.25, 0.3) is 0 Å². The molecule has 2 atom stereocenters. The topological polar surface area (TPSA) is 27.7 Å². The first-order valence-electron chi connectivity index (χ1n) is 9.63. The summed E-state index contributed by atoms with van der Waals surface area (Å²) >= 11 is 0. The van der Waals surface area contributed by atoms with Crippen LogP contribution in [0.25, 0.3) is 0 Å². The Labute approximate surface area is 166 Å². The highest BCUT2D eigenvalue weighted by Crippen LogP contribution is 2.48. The van der Waals surface area contributed by atoms with Crippen LogP contribution in [0.1, 0.15) is 39.7 Å². The van der Waals surface area contributed by atoms with Crippen molar-refractivity contribution in [2.45, 2.75) is 25.7 Å². The van der Waals surface area contributed by atoms with Crippen molar-refractivity contribution in [3.8, 4) is 17.2 Å². The summed E-state index contributed by atoms with van der Waals surface area (Å²) < 4.78 is 17.0. The smallest absolute Gasteiger partial charge is 0.126 e. The first-order chi connectivity index (χ1) is 13.6. The van der Waals surface area contributed by atoms with E-state index in [2.05, 4.69) is 50.2 Å². The van der Waals surface area contributed by atoms with Gasteiger partial charge in [0.2, 0.25) is 0 Å². The van der Waals surface area contributed by atoms with E-state index in [1.54, 1.807) is 14.2 Å². The molecule has 1 aliphatic heterocycles. The Bertz CT molecular complexity index is 958. The Kier molecular flexibility index (Phi) is 4.99. The maximum absolute atomic E-state index is 6.30. The number of fused-ring (bicyclic) bond motifs is 1. The van der Waals surface area contributed by atoms with Crippen LogP contribution < -0.4 is 14.2 Å². The molecule has 0 fully saturated rings. The summed E-state index contributed by atoms with van der Waals surface area (Å²) in [6, 6.07) is 21.2. The highest BCUT2D eigenvalue weighted by Gasteiger charge is 2.34. The van der Waals surface area contributed by atoms with Gasteiger partial charge in [-0.25, -0.2) is 0 Å². The lowest BCUT2D eigenvalue weighted by Crippen LogP contribution is -2.26. The lowest BCUT2D eigenvalue weighted by molar-refractivity contribution is 0.247. The Morgan fingerprint density at radius 1 is 0.750 bits per heavy atom. The van der Waals surface area contributed by atoms with Crippen molar-refractivity contribution in [2.75, 3.05) is 20.8 Å². The quantitative estimate of drug-likeness (QED) is 0.592. The molecule has 0 spiro atoms. The van der Waals surface area contributed by atoms with Gasteiger partial charge in [0.15, 0.2) is 0 Å². The molecule has 0 bridgehead atoms. The van der Waals surface area contributed by atoms with Crippen molar-refractivity contribution >= 4 is 0 Å². The first-order valence-corrected chi connectivity index (χ1v) is 9.63. The Hall–Kier alpha value is -2.94. The van der Waals surface area contributed by atoms with Crippen LogP contribution in [-0.4, -0.2) is 20.8 Å². The largest absolute Gasteiger partial charge is 0.497 e. The summed E-state index contributed by atoms with van der Waals surface area (Å²) in [5, 5.41) is 0. The number of aryl methyl sites for hydroxylation is 1. The Morgan fingerprint density at radius 3 is 1.89 bits per heavy atom. The Morgan fingerprint density at radius 2 is 1.32 bits per heavy atom. The summed E-state index contributed by atoms with van der Waals surface area (Å²) in [5.41, 5.74) is 6.26. The third kappa shape index (κ3) is 3.22. The van der Waals surface area contributed by atoms with E-state index in [1.807, 2.05) is 24.3 Å². The second-order valence-corrected chi connectivity index (χ2v) is 7.37. The fourth-order valence-corrected chi connectivity index (χ4v) is 4.10. The molecule has 144 valence electrons. The fraction of sp³-hybridized carbons (Fsp3) is 0.280. The molecule has 3 aromatic rings. The van der Waals surface area contributed by atoms with Gasteiger partial charge < -0.3 is 14.2 Å². The normalized spacial score (nSPS) is 18.1. The minimum Gasteiger partial charge on any atom is -0.497 e. The molecule has 0 unspecified atom stereocenters. The second kappa shape index (κ2) is 7.59. The molecule has 0 saturated carbocycles. The number of methoxy groups -OCH3 is 2. The van der Waals surface area contributed by atoms with Gasteiger partial charge in [-0.3, -0.25) is 0 Å². The number of hydrogen-bond acceptors (Lipinski definition) is 3. The van der Waals surface area contributed by atoms with Gasteiger partial charge in [0.1, 0.15) is 17.2 Å². The van der Waals surface area contributed by atoms with E-state index in [1.165, 1.54) is 27.8 Å². The average molecular weight is 374 g/mol. The van der Waals surface area contributed by atoms with Gasteiger partial charge in [-0.2, -0.15) is 0 Å². The lowest BCUT2D eigenvalue weighted by atomic mass is 9.75. The monoisotopic (exact) mass is 374 g/mol. The lowest BCUT2D eigenvalue weighted by Gasteiger charge is -2.35. The van der Waals surface area contributed by atoms with Crippen LogP contribution in [0.5, 0.6) is 17.2 Å². The SMILES string of the molecule is COc1ccc([C@H]2c3ccc(C)c(C)c3OC[C@H]2c2ccc(OC)cc2)cc1. The molecule has 0 N–H and O–H groups in total. The van der Waals surface area contributed by atoms with Crippen molar-refractivity contribution in [3.63, 3.8) is 0 Å². The van der Waals surface area contributed by atoms with Gasteiger partial charge in [-0.15, -0.1) is 0 Å². The van der Waals surface area contributed by atoms with E-state index in [9.17, 15) is 0 Å². The summed E-state index contributed by atoms with van der Waals surface area (Å²) in [4.78, 5) is 0. The standard InChI is InChI=1S/C25H26O3/c1-16-5-14-22-24(19-8-12-21(27-4)13-9-19)23(15-28-25(22)17(16)2)18-6-10-20(26-3)11-7-18/h5-14,23-24H,15H2,1-4H3/t23-,24-/m0/s1. The van der Waals surface area contributed by atoms with E-state index in [4.69, 9.17) is 14.2 Å². The summed E-state index contributed by atoms with van der Waals surface area (Å²) in [6.07, 6.45) is 0. The number of benzene rings is 3. The molecule has 0 radical (unpaired) electrons. The van der Waals surface area contributed by atoms with Crippen molar-refractivity contribution < 1.29 is 14.2 Å². The van der Waals surface area contributed by atoms with Gasteiger partial charge in [-0.05, 0) is 60.4 Å². The predicted octanol–water partition coefficient (Wildman–Crippen LogP) is 5.63. The summed E-state index contributed by atoms with van der Waals surface area (Å²) in [7, 11) is 3.39. The van der Waals surface area contributed by atoms with Crippen LogP contribution in [0.3, 0.4) is 0 Å². The minimum absolute atomic E-state index is 0.224. The van der Waals surface area contributed by atoms with E-state index in [0.717, 1.165) is 17.2 Å². The molecule has 3 heteroatoms. The van der Waals surface area contributed by atoms with Crippen LogP contribution in [0.4, 0.5) is 0 Å². The van der Waals surface area contributed by atoms with Crippen molar-refractivity contribution in [1.82, 2.24) is 0 Å². The zero-order valence-corrected chi connectivity index (χ0v) is 16.9. The molecule has 0 amide bonds. The molecular formula is C25H26O3. The summed E-state index contributed by atoms with van der Waals surface area (Å²) in [6.45, 7) is 4.93. The van der Waals surface area contributed by atoms with Gasteiger partial charge in [-0.1, -0.05) is 36.4 Å². The third-order valence-electron chi connectivity index (χ3n) is 5.87. The minimum atomic E-state index is 0.224. The predicted molar refractivity (Wildman–Crippen MR) is 112 cm³/mol. The number of ether oxygens (including phenoxy) is 3. The van der Waals surface area contributed by atoms with Crippen LogP contribution >= 0.6 is 0 Å². The van der Waals surface area contributed by atoms with Gasteiger partial charge in [0, 0.05) is 17.4 Å². The maximum atomic E-state index is 6.30. The fourth-order valence-electron chi connectivity index (χ4n) is 4.10. The van der Waals surface area contributed by atoms with E-state index >= 15 is 0 Å². The highest BCUT2D eigenvalue weighted by atomic mass is 16.5. The molecule has 0 saturated heterocycles. The second-order valence-electron chi connectivity index (χ2n) is 7.37. The molecule has 3 aromatic carbocycles. The van der Waals surface area contributed by atoms with Gasteiger partial charge >= 0.3 is 0 Å². The van der Waals surface area contributed by atoms with Crippen LogP contribution in [0.15, 0.2) is 60.7 Å². The zero-order chi connectivity index (χ0) is 19.7. The Balaban J connectivity index is 1.83. The molecular weight excluding hydrogens is 348 g/mol. The molecule has 28 heavy (non-hydrogen) atoms. The molecule has 4 rings (SSSR count). The van der Waals surface area contributed by atoms with E-state index < -0.39 is 0 Å². The van der Waals surface area contributed by atoms with Crippen molar-refractivity contribution in [1.29, 1.82) is 0 Å². The van der Waals surface area contributed by atoms with Crippen molar-refractivity contribution in [2.24, 2.45) is 0 Å². The molecule has 0 aromatic heterocycles. The van der Waals surface area contributed by atoms with E-state index in [0.29, 0.717) is 6.61 Å². The van der Waals surface area contributed by atoms with Crippen LogP contribution in [0.2, 0.25) is 0 Å². The van der Waals surface area contributed by atoms with Gasteiger partial charge in [0.05, 0.1) is 20.8 Å². The summed E-state index contributed by atoms with van der Waals surface area (Å²) in [5.74, 6) is 3.23. The third-order valence-corrected chi connectivity index (χ3v) is 5.87. The molecule has 0 aliphatic carbocycles. The van der Waals surface area contributed by atoms with Crippen molar-refractivity contribution in [3.05, 3.63) is 88.5 Å². The van der Waals surface area contributed by atoms with Crippen LogP contribution in [-0.2, 0) is 0 Å². The highest BCUT2D eigenvalue weighted by molar-refractivity contribution is 5.54. The number of hydrogen-bond donors (Lipinski definition) is 0. The van der Waals surface area contributed by atoms with Crippen LogP contribution in [0, 0.1) is 13.8 Å². The first kappa shape index (κ1) is 18.4. The zero-order valence-electron chi connectivity index (χ0n) is 16.9. The van der Waals surface area contributed by atoms with E-state index in [-0.39, 0.29) is 11.8 Å². The molecule has 3 nitrogen and oxygen atoms in total. The number of rotatable bonds is 4. The molecule has 1 heterocycles. The maximum Gasteiger partial charge on any atom is 0.126 e. The molecule has 1 aliphatic rings.